The third kappa shape index (κ3) is 3.26. The van der Waals surface area contributed by atoms with Crippen LogP contribution in [0.25, 0.3) is 0 Å². The number of nitrogens with one attached hydrogen (secondary N) is 1. The molecule has 1 heterocycles. The molecule has 0 aliphatic carbocycles. The normalized spacial score (nSPS) is 12.5. The summed E-state index contributed by atoms with van der Waals surface area (Å²) in [7, 11) is 0. The zero-order chi connectivity index (χ0) is 13.0. The zero-order valence-corrected chi connectivity index (χ0v) is 10.9. The minimum Gasteiger partial charge on any atom is -0.480 e. The van der Waals surface area contributed by atoms with Crippen molar-refractivity contribution in [2.45, 2.75) is 33.2 Å². The number of amides is 1. The Morgan fingerprint density at radius 3 is 2.65 bits per heavy atom. The van der Waals surface area contributed by atoms with E-state index in [1.54, 1.807) is 19.4 Å². The quantitative estimate of drug-likeness (QED) is 0.837. The van der Waals surface area contributed by atoms with E-state index in [9.17, 15) is 9.59 Å². The highest BCUT2D eigenvalue weighted by Gasteiger charge is 2.25. The van der Waals surface area contributed by atoms with Crippen molar-refractivity contribution in [3.63, 3.8) is 0 Å². The molecule has 1 rings (SSSR count). The van der Waals surface area contributed by atoms with Crippen LogP contribution in [0, 0.1) is 5.92 Å². The summed E-state index contributed by atoms with van der Waals surface area (Å²) in [5, 5.41) is 11.5. The Hall–Kier alpha value is -1.43. The van der Waals surface area contributed by atoms with Crippen LogP contribution in [0.15, 0.2) is 5.51 Å². The van der Waals surface area contributed by atoms with Gasteiger partial charge in [-0.3, -0.25) is 4.79 Å². The van der Waals surface area contributed by atoms with Gasteiger partial charge >= 0.3 is 5.97 Å². The highest BCUT2D eigenvalue weighted by atomic mass is 32.1. The molecular weight excluding hydrogens is 240 g/mol. The van der Waals surface area contributed by atoms with Gasteiger partial charge < -0.3 is 10.4 Å². The Labute approximate surface area is 104 Å². The maximum absolute atomic E-state index is 11.9. The van der Waals surface area contributed by atoms with E-state index in [4.69, 9.17) is 5.11 Å². The summed E-state index contributed by atoms with van der Waals surface area (Å²) >= 11 is 1.23. The van der Waals surface area contributed by atoms with Crippen molar-refractivity contribution in [2.24, 2.45) is 5.92 Å². The summed E-state index contributed by atoms with van der Waals surface area (Å²) in [6, 6.07) is -0.866. The first-order valence-corrected chi connectivity index (χ1v) is 6.31. The third-order valence-corrected chi connectivity index (χ3v) is 3.27. The number of aromatic nitrogens is 1. The van der Waals surface area contributed by atoms with Gasteiger partial charge in [0, 0.05) is 0 Å². The number of carboxylic acid groups (broad SMARTS) is 1. The van der Waals surface area contributed by atoms with Crippen LogP contribution in [0.2, 0.25) is 0 Å². The summed E-state index contributed by atoms with van der Waals surface area (Å²) in [5.41, 5.74) is 2.30. The van der Waals surface area contributed by atoms with E-state index in [-0.39, 0.29) is 11.8 Å². The monoisotopic (exact) mass is 256 g/mol. The maximum atomic E-state index is 11.9. The molecule has 1 amide bonds. The van der Waals surface area contributed by atoms with Crippen molar-refractivity contribution < 1.29 is 14.7 Å². The van der Waals surface area contributed by atoms with Crippen molar-refractivity contribution in [1.29, 1.82) is 0 Å². The lowest BCUT2D eigenvalue weighted by atomic mass is 10.0. The fourth-order valence-corrected chi connectivity index (χ4v) is 2.21. The molecule has 0 radical (unpaired) electrons. The SMILES string of the molecule is CCc1ncsc1C(=O)NC(C(=O)O)C(C)C. The van der Waals surface area contributed by atoms with Crippen LogP contribution in [0.3, 0.4) is 0 Å². The van der Waals surface area contributed by atoms with Crippen molar-refractivity contribution in [1.82, 2.24) is 10.3 Å². The Morgan fingerprint density at radius 1 is 1.53 bits per heavy atom. The van der Waals surface area contributed by atoms with Crippen molar-refractivity contribution in [3.05, 3.63) is 16.1 Å². The van der Waals surface area contributed by atoms with E-state index < -0.39 is 12.0 Å². The molecule has 0 fully saturated rings. The summed E-state index contributed by atoms with van der Waals surface area (Å²) in [6.45, 7) is 5.42. The minimum atomic E-state index is -1.02. The topological polar surface area (TPSA) is 79.3 Å². The first-order valence-electron chi connectivity index (χ1n) is 5.43. The van der Waals surface area contributed by atoms with E-state index >= 15 is 0 Å². The Bertz CT molecular complexity index is 415. The fraction of sp³-hybridized carbons (Fsp3) is 0.545. The number of aliphatic carboxylic acids is 1. The average Bonchev–Trinajstić information content (AvgIpc) is 2.72. The second-order valence-electron chi connectivity index (χ2n) is 4.02. The Morgan fingerprint density at radius 2 is 2.18 bits per heavy atom. The van der Waals surface area contributed by atoms with Crippen LogP contribution in [-0.2, 0) is 11.2 Å². The Kier molecular flexibility index (Phi) is 4.62. The van der Waals surface area contributed by atoms with Crippen molar-refractivity contribution in [2.75, 3.05) is 0 Å². The molecule has 0 bridgehead atoms. The van der Waals surface area contributed by atoms with Gasteiger partial charge in [0.05, 0.1) is 11.2 Å². The summed E-state index contributed by atoms with van der Waals surface area (Å²) in [4.78, 5) is 27.4. The molecule has 0 saturated heterocycles. The standard InChI is InChI=1S/C11H16N2O3S/c1-4-7-9(17-5-12-7)10(14)13-8(6(2)3)11(15)16/h5-6,8H,4H2,1-3H3,(H,13,14)(H,15,16). The minimum absolute atomic E-state index is 0.158. The van der Waals surface area contributed by atoms with Gasteiger partial charge in [-0.15, -0.1) is 11.3 Å². The van der Waals surface area contributed by atoms with E-state index in [1.807, 2.05) is 6.92 Å². The lowest BCUT2D eigenvalue weighted by Gasteiger charge is -2.17. The molecule has 5 nitrogen and oxygen atoms in total. The van der Waals surface area contributed by atoms with E-state index in [0.717, 1.165) is 0 Å². The average molecular weight is 256 g/mol. The lowest BCUT2D eigenvalue weighted by Crippen LogP contribution is -2.44. The van der Waals surface area contributed by atoms with Gasteiger partial charge in [0.2, 0.25) is 0 Å². The molecular formula is C11H16N2O3S. The zero-order valence-electron chi connectivity index (χ0n) is 10.1. The number of aryl methyl sites for hydroxylation is 1. The number of carbonyl (C=O) groups is 2. The lowest BCUT2D eigenvalue weighted by molar-refractivity contribution is -0.140. The van der Waals surface area contributed by atoms with Crippen LogP contribution in [0.1, 0.15) is 36.1 Å². The molecule has 1 unspecified atom stereocenters. The van der Waals surface area contributed by atoms with Gasteiger partial charge in [-0.05, 0) is 12.3 Å². The van der Waals surface area contributed by atoms with E-state index in [1.165, 1.54) is 11.3 Å². The summed E-state index contributed by atoms with van der Waals surface area (Å²) in [6.07, 6.45) is 0.658. The predicted molar refractivity (Wildman–Crippen MR) is 65.2 cm³/mol. The highest BCUT2D eigenvalue weighted by Crippen LogP contribution is 2.14. The first-order chi connectivity index (χ1) is 7.97. The first kappa shape index (κ1) is 13.6. The van der Waals surface area contributed by atoms with Crippen LogP contribution in [0.4, 0.5) is 0 Å². The van der Waals surface area contributed by atoms with E-state index in [0.29, 0.717) is 17.0 Å². The molecule has 0 spiro atoms. The van der Waals surface area contributed by atoms with Gasteiger partial charge in [0.15, 0.2) is 0 Å². The van der Waals surface area contributed by atoms with Gasteiger partial charge in [-0.2, -0.15) is 0 Å². The fourth-order valence-electron chi connectivity index (χ4n) is 1.43. The molecule has 0 aliphatic heterocycles. The van der Waals surface area contributed by atoms with Crippen LogP contribution in [-0.4, -0.2) is 28.0 Å². The summed E-state index contributed by atoms with van der Waals surface area (Å²) in [5.74, 6) is -1.53. The van der Waals surface area contributed by atoms with Gasteiger partial charge in [-0.25, -0.2) is 9.78 Å². The van der Waals surface area contributed by atoms with Gasteiger partial charge in [0.1, 0.15) is 10.9 Å². The number of thiazole rings is 1. The number of hydrogen-bond donors (Lipinski definition) is 2. The van der Waals surface area contributed by atoms with E-state index in [2.05, 4.69) is 10.3 Å². The van der Waals surface area contributed by atoms with Crippen molar-refractivity contribution in [3.8, 4) is 0 Å². The molecule has 1 atom stereocenters. The number of hydrogen-bond acceptors (Lipinski definition) is 4. The second kappa shape index (κ2) is 5.77. The summed E-state index contributed by atoms with van der Waals surface area (Å²) < 4.78 is 0. The van der Waals surface area contributed by atoms with Crippen LogP contribution >= 0.6 is 11.3 Å². The molecule has 2 N–H and O–H groups in total. The van der Waals surface area contributed by atoms with Gasteiger partial charge in [0.25, 0.3) is 5.91 Å². The maximum Gasteiger partial charge on any atom is 0.326 e. The number of rotatable bonds is 5. The number of carboxylic acids is 1. The molecule has 17 heavy (non-hydrogen) atoms. The molecule has 94 valence electrons. The molecule has 0 aliphatic rings. The molecule has 1 aromatic rings. The van der Waals surface area contributed by atoms with Gasteiger partial charge in [-0.1, -0.05) is 20.8 Å². The van der Waals surface area contributed by atoms with Crippen LogP contribution < -0.4 is 5.32 Å². The number of nitrogens with zero attached hydrogens (tertiary/aromatic N) is 1. The third-order valence-electron chi connectivity index (χ3n) is 2.40. The molecule has 6 heteroatoms. The van der Waals surface area contributed by atoms with Crippen molar-refractivity contribution >= 4 is 23.2 Å². The highest BCUT2D eigenvalue weighted by molar-refractivity contribution is 7.11. The molecule has 1 aromatic heterocycles. The van der Waals surface area contributed by atoms with Crippen LogP contribution in [0.5, 0.6) is 0 Å². The predicted octanol–water partition coefficient (Wildman–Crippen LogP) is 1.54. The number of carbonyl (C=O) groups excluding carboxylic acids is 1. The Balaban J connectivity index is 2.81. The largest absolute Gasteiger partial charge is 0.480 e. The molecule has 0 aromatic carbocycles. The molecule has 0 saturated carbocycles. The smallest absolute Gasteiger partial charge is 0.326 e. The second-order valence-corrected chi connectivity index (χ2v) is 4.87.